The van der Waals surface area contributed by atoms with Crippen molar-refractivity contribution in [1.29, 1.82) is 0 Å². The van der Waals surface area contributed by atoms with Gasteiger partial charge in [-0.15, -0.1) is 11.8 Å². The van der Waals surface area contributed by atoms with Crippen molar-refractivity contribution in [3.63, 3.8) is 0 Å². The highest BCUT2D eigenvalue weighted by Gasteiger charge is 2.32. The number of benzene rings is 1. The van der Waals surface area contributed by atoms with Gasteiger partial charge in [-0.1, -0.05) is 33.4 Å². The average molecular weight is 599 g/mol. The Morgan fingerprint density at radius 3 is 2.38 bits per heavy atom. The van der Waals surface area contributed by atoms with Crippen molar-refractivity contribution in [3.05, 3.63) is 70.8 Å². The van der Waals surface area contributed by atoms with Gasteiger partial charge in [0.1, 0.15) is 17.3 Å². The minimum absolute atomic E-state index is 0.142. The molecule has 42 heavy (non-hydrogen) atoms. The van der Waals surface area contributed by atoms with E-state index < -0.39 is 17.7 Å². The summed E-state index contributed by atoms with van der Waals surface area (Å²) in [5, 5.41) is 21.0. The van der Waals surface area contributed by atoms with Crippen molar-refractivity contribution in [2.45, 2.75) is 78.2 Å². The molecule has 228 valence electrons. The highest BCUT2D eigenvalue weighted by atomic mass is 32.2. The molecule has 3 N–H and O–H groups in total. The van der Waals surface area contributed by atoms with Crippen LogP contribution in [0, 0.1) is 30.4 Å². The minimum atomic E-state index is -0.661. The maximum absolute atomic E-state index is 15.0. The molecule has 0 radical (unpaired) electrons. The maximum atomic E-state index is 15.0. The van der Waals surface area contributed by atoms with E-state index in [2.05, 4.69) is 35.9 Å². The van der Waals surface area contributed by atoms with Crippen LogP contribution in [0.2, 0.25) is 0 Å². The van der Waals surface area contributed by atoms with E-state index in [1.54, 1.807) is 20.2 Å². The highest BCUT2D eigenvalue weighted by molar-refractivity contribution is 7.98. The van der Waals surface area contributed by atoms with Gasteiger partial charge in [0, 0.05) is 41.4 Å². The van der Waals surface area contributed by atoms with Gasteiger partial charge < -0.3 is 15.3 Å². The zero-order valence-corrected chi connectivity index (χ0v) is 26.8. The van der Waals surface area contributed by atoms with Gasteiger partial charge in [0.25, 0.3) is 0 Å². The van der Waals surface area contributed by atoms with Crippen molar-refractivity contribution < 1.29 is 13.9 Å². The lowest BCUT2D eigenvalue weighted by Crippen LogP contribution is -2.26. The number of nitrogens with one attached hydrogen (secondary N) is 2. The van der Waals surface area contributed by atoms with Crippen LogP contribution in [0.5, 0.6) is 0 Å². The summed E-state index contributed by atoms with van der Waals surface area (Å²) < 4.78 is 30.1. The smallest absolute Gasteiger partial charge is 0.153 e. The number of hydrogen-bond donors (Lipinski definition) is 3. The van der Waals surface area contributed by atoms with E-state index in [9.17, 15) is 5.11 Å². The molecule has 1 heterocycles. The van der Waals surface area contributed by atoms with Gasteiger partial charge >= 0.3 is 0 Å². The van der Waals surface area contributed by atoms with E-state index in [0.717, 1.165) is 29.8 Å². The van der Waals surface area contributed by atoms with Crippen LogP contribution in [-0.2, 0) is 0 Å². The number of halogens is 2. The number of aliphatic imine (C=N–C) groups is 2. The summed E-state index contributed by atoms with van der Waals surface area (Å²) in [7, 11) is 1.59. The van der Waals surface area contributed by atoms with Crippen LogP contribution in [0.15, 0.2) is 68.4 Å². The number of nitrogens with zero attached hydrogens (tertiary/aromatic N) is 4. The third kappa shape index (κ3) is 8.41. The Balaban J connectivity index is 2.14. The predicted molar refractivity (Wildman–Crippen MR) is 172 cm³/mol. The molecule has 7 nitrogen and oxygen atoms in total. The second-order valence-electron chi connectivity index (χ2n) is 10.9. The zero-order chi connectivity index (χ0) is 31.1. The number of hydrogen-bond acceptors (Lipinski definition) is 6. The van der Waals surface area contributed by atoms with Crippen LogP contribution in [-0.4, -0.2) is 46.3 Å². The first kappa shape index (κ1) is 33.3. The Hall–Kier alpha value is -3.24. The number of anilines is 2. The molecule has 0 aliphatic heterocycles. The van der Waals surface area contributed by atoms with Crippen LogP contribution < -0.4 is 10.2 Å². The number of H-pyrrole nitrogens is 1. The number of aromatic amines is 1. The second-order valence-corrected chi connectivity index (χ2v) is 11.8. The Labute approximate surface area is 253 Å². The molecule has 0 bridgehead atoms. The zero-order valence-electron chi connectivity index (χ0n) is 26.0. The van der Waals surface area contributed by atoms with Gasteiger partial charge in [0.05, 0.1) is 11.8 Å². The number of aliphatic hydroxyl groups is 1. The molecule has 3 rings (SSSR count). The fraction of sp³-hybridized carbons (Fsp3) is 0.469. The number of allylic oxidation sites excluding steroid dienone is 2. The molecular formula is C32H44F2N6OS. The SMILES string of the molecule is C=C(/C(=C/C)N=C(CC(O)CC)C(C)C)/C(=C(\N=C(/C)N(C)c1c(F)cc(SC)cc1F)Nc1cc(C)[nH]n1)C1CC1. The van der Waals surface area contributed by atoms with Crippen LogP contribution in [0.3, 0.4) is 0 Å². The third-order valence-corrected chi connectivity index (χ3v) is 7.98. The molecule has 10 heteroatoms. The van der Waals surface area contributed by atoms with Crippen molar-refractivity contribution in [1.82, 2.24) is 10.2 Å². The topological polar surface area (TPSA) is 88.9 Å². The molecule has 2 aromatic rings. The van der Waals surface area contributed by atoms with E-state index in [4.69, 9.17) is 9.98 Å². The van der Waals surface area contributed by atoms with E-state index in [1.807, 2.05) is 32.9 Å². The van der Waals surface area contributed by atoms with Crippen LogP contribution in [0.25, 0.3) is 0 Å². The highest BCUT2D eigenvalue weighted by Crippen LogP contribution is 2.44. The summed E-state index contributed by atoms with van der Waals surface area (Å²) in [4.78, 5) is 11.8. The Bertz CT molecular complexity index is 1380. The lowest BCUT2D eigenvalue weighted by molar-refractivity contribution is 0.177. The lowest BCUT2D eigenvalue weighted by atomic mass is 9.97. The summed E-state index contributed by atoms with van der Waals surface area (Å²) in [6.45, 7) is 16.1. The number of amidine groups is 1. The van der Waals surface area contributed by atoms with Gasteiger partial charge in [-0.2, -0.15) is 5.10 Å². The third-order valence-electron chi connectivity index (χ3n) is 7.27. The molecule has 1 atom stereocenters. The molecule has 1 aliphatic rings. The number of aromatic nitrogens is 2. The standard InChI is InChI=1S/C32H44F2N6OS/c1-10-23(41)15-28(18(3)4)36-27(11-2)20(6)30(22-12-13-22)32(37-29-14-19(5)38-39-29)35-21(7)40(8)31-25(33)16-24(42-9)17-26(31)34/h11,14,16-18,22-23,41H,6,10,12-13,15H2,1-5,7-9H3,(H2,37,38,39)/b27-11-,32-30-,35-21+,36-28?. The molecule has 1 fully saturated rings. The van der Waals surface area contributed by atoms with Gasteiger partial charge in [0.15, 0.2) is 17.5 Å². The summed E-state index contributed by atoms with van der Waals surface area (Å²) >= 11 is 1.28. The van der Waals surface area contributed by atoms with Crippen molar-refractivity contribution in [2.24, 2.45) is 21.8 Å². The first-order valence-corrected chi connectivity index (χ1v) is 15.6. The molecule has 0 spiro atoms. The number of aryl methyl sites for hydroxylation is 1. The summed E-state index contributed by atoms with van der Waals surface area (Å²) in [5.41, 5.74) is 3.87. The van der Waals surface area contributed by atoms with Crippen molar-refractivity contribution in [2.75, 3.05) is 23.5 Å². The Morgan fingerprint density at radius 2 is 1.90 bits per heavy atom. The lowest BCUT2D eigenvalue weighted by Gasteiger charge is -2.23. The van der Waals surface area contributed by atoms with Crippen LogP contribution in [0.4, 0.5) is 20.3 Å². The largest absolute Gasteiger partial charge is 0.393 e. The fourth-order valence-corrected chi connectivity index (χ4v) is 4.93. The van der Waals surface area contributed by atoms with E-state index in [1.165, 1.54) is 28.8 Å². The van der Waals surface area contributed by atoms with Gasteiger partial charge in [0.2, 0.25) is 0 Å². The van der Waals surface area contributed by atoms with Gasteiger partial charge in [-0.25, -0.2) is 13.8 Å². The first-order chi connectivity index (χ1) is 19.9. The second kappa shape index (κ2) is 14.8. The minimum Gasteiger partial charge on any atom is -0.393 e. The molecular weight excluding hydrogens is 554 g/mol. The predicted octanol–water partition coefficient (Wildman–Crippen LogP) is 8.02. The summed E-state index contributed by atoms with van der Waals surface area (Å²) in [6, 6.07) is 4.51. The average Bonchev–Trinajstić information content (AvgIpc) is 3.69. The van der Waals surface area contributed by atoms with E-state index in [0.29, 0.717) is 46.5 Å². The normalized spacial score (nSPS) is 16.0. The molecule has 1 aromatic carbocycles. The van der Waals surface area contributed by atoms with Crippen LogP contribution >= 0.6 is 11.8 Å². The van der Waals surface area contributed by atoms with Crippen molar-refractivity contribution in [3.8, 4) is 0 Å². The molecule has 0 saturated heterocycles. The monoisotopic (exact) mass is 598 g/mol. The maximum Gasteiger partial charge on any atom is 0.153 e. The quantitative estimate of drug-likeness (QED) is 0.0940. The van der Waals surface area contributed by atoms with E-state index >= 15 is 8.78 Å². The number of aliphatic hydroxyl groups excluding tert-OH is 1. The molecule has 1 unspecified atom stereocenters. The van der Waals surface area contributed by atoms with E-state index in [-0.39, 0.29) is 17.5 Å². The summed E-state index contributed by atoms with van der Waals surface area (Å²) in [5.74, 6) is 0.442. The first-order valence-electron chi connectivity index (χ1n) is 14.4. The fourth-order valence-electron chi connectivity index (χ4n) is 4.49. The number of thioether (sulfide) groups is 1. The molecule has 1 aromatic heterocycles. The molecule has 1 saturated carbocycles. The molecule has 0 amide bonds. The van der Waals surface area contributed by atoms with Crippen LogP contribution in [0.1, 0.15) is 66.0 Å². The van der Waals surface area contributed by atoms with Gasteiger partial charge in [-0.05, 0) is 75.8 Å². The molecule has 1 aliphatic carbocycles. The van der Waals surface area contributed by atoms with Gasteiger partial charge in [-0.3, -0.25) is 10.1 Å². The summed E-state index contributed by atoms with van der Waals surface area (Å²) in [6.07, 6.45) is 6.25. The number of rotatable bonds is 13. The Kier molecular flexibility index (Phi) is 11.7. The van der Waals surface area contributed by atoms with Crippen molar-refractivity contribution >= 4 is 34.8 Å². The Morgan fingerprint density at radius 1 is 1.26 bits per heavy atom.